The lowest BCUT2D eigenvalue weighted by Gasteiger charge is -2.31. The van der Waals surface area contributed by atoms with Crippen molar-refractivity contribution >= 4 is 27.5 Å². The van der Waals surface area contributed by atoms with Gasteiger partial charge in [0.05, 0.1) is 5.02 Å². The Morgan fingerprint density at radius 2 is 2.11 bits per heavy atom. The van der Waals surface area contributed by atoms with Crippen LogP contribution in [0.1, 0.15) is 25.3 Å². The molecule has 1 saturated heterocycles. The number of hydrogen-bond donors (Lipinski definition) is 1. The van der Waals surface area contributed by atoms with Gasteiger partial charge in [0, 0.05) is 17.1 Å². The van der Waals surface area contributed by atoms with E-state index >= 15 is 0 Å². The highest BCUT2D eigenvalue weighted by atomic mass is 79.9. The summed E-state index contributed by atoms with van der Waals surface area (Å²) in [4.78, 5) is 2.51. The fourth-order valence-corrected chi connectivity index (χ4v) is 2.81. The molecule has 1 heterocycles. The first-order valence-corrected chi connectivity index (χ1v) is 7.76. The Bertz CT molecular complexity index is 389. The number of benzene rings is 1. The highest BCUT2D eigenvalue weighted by molar-refractivity contribution is 9.10. The number of piperidine rings is 1. The third-order valence-electron chi connectivity index (χ3n) is 3.61. The number of nitrogens with one attached hydrogen (secondary N) is 1. The van der Waals surface area contributed by atoms with Gasteiger partial charge in [-0.15, -0.1) is 0 Å². The van der Waals surface area contributed by atoms with E-state index in [1.54, 1.807) is 0 Å². The largest absolute Gasteiger partial charge is 0.310 e. The predicted octanol–water partition coefficient (Wildman–Crippen LogP) is 3.68. The van der Waals surface area contributed by atoms with Crippen LogP contribution in [0.3, 0.4) is 0 Å². The van der Waals surface area contributed by atoms with E-state index in [9.17, 15) is 0 Å². The summed E-state index contributed by atoms with van der Waals surface area (Å²) in [5.41, 5.74) is 1.25. The summed E-state index contributed by atoms with van der Waals surface area (Å²) >= 11 is 9.51. The minimum absolute atomic E-state index is 0.648. The molecule has 0 aliphatic carbocycles. The molecule has 0 unspecified atom stereocenters. The minimum atomic E-state index is 0.648. The average molecular weight is 332 g/mol. The van der Waals surface area contributed by atoms with E-state index in [1.807, 2.05) is 12.1 Å². The maximum absolute atomic E-state index is 6.09. The molecule has 1 aromatic carbocycles. The minimum Gasteiger partial charge on any atom is -0.310 e. The Kier molecular flexibility index (Phi) is 5.49. The number of rotatable bonds is 4. The summed E-state index contributed by atoms with van der Waals surface area (Å²) in [6.07, 6.45) is 2.50. The van der Waals surface area contributed by atoms with E-state index in [0.29, 0.717) is 6.04 Å². The monoisotopic (exact) mass is 330 g/mol. The summed E-state index contributed by atoms with van der Waals surface area (Å²) in [6.45, 7) is 6.75. The van der Waals surface area contributed by atoms with Crippen molar-refractivity contribution < 1.29 is 0 Å². The predicted molar refractivity (Wildman–Crippen MR) is 81.1 cm³/mol. The van der Waals surface area contributed by atoms with Crippen LogP contribution in [0.15, 0.2) is 22.7 Å². The molecule has 2 nitrogen and oxygen atoms in total. The Balaban J connectivity index is 1.79. The van der Waals surface area contributed by atoms with E-state index in [2.05, 4.69) is 39.1 Å². The standard InChI is InChI=1S/C14H20BrClN2/c1-2-18-7-5-12(6-8-18)17-10-11-3-4-13(15)14(16)9-11/h3-4,9,12,17H,2,5-8,10H2,1H3. The van der Waals surface area contributed by atoms with Crippen LogP contribution >= 0.6 is 27.5 Å². The Hall–Kier alpha value is -0.0900. The topological polar surface area (TPSA) is 15.3 Å². The molecule has 0 amide bonds. The lowest BCUT2D eigenvalue weighted by molar-refractivity contribution is 0.206. The molecule has 0 aromatic heterocycles. The molecule has 0 spiro atoms. The molecule has 1 N–H and O–H groups in total. The van der Waals surface area contributed by atoms with E-state index in [4.69, 9.17) is 11.6 Å². The zero-order valence-electron chi connectivity index (χ0n) is 10.8. The van der Waals surface area contributed by atoms with Crippen LogP contribution in [0.25, 0.3) is 0 Å². The van der Waals surface area contributed by atoms with Crippen molar-refractivity contribution in [1.29, 1.82) is 0 Å². The molecular formula is C14H20BrClN2. The van der Waals surface area contributed by atoms with Crippen molar-refractivity contribution in [3.8, 4) is 0 Å². The van der Waals surface area contributed by atoms with Crippen molar-refractivity contribution in [3.05, 3.63) is 33.3 Å². The van der Waals surface area contributed by atoms with Crippen LogP contribution in [0.4, 0.5) is 0 Å². The highest BCUT2D eigenvalue weighted by Crippen LogP contribution is 2.23. The molecule has 1 aliphatic rings. The van der Waals surface area contributed by atoms with Crippen molar-refractivity contribution in [2.24, 2.45) is 0 Å². The van der Waals surface area contributed by atoms with Gasteiger partial charge in [-0.25, -0.2) is 0 Å². The van der Waals surface area contributed by atoms with Gasteiger partial charge in [-0.3, -0.25) is 0 Å². The Morgan fingerprint density at radius 1 is 1.39 bits per heavy atom. The molecule has 0 saturated carbocycles. The quantitative estimate of drug-likeness (QED) is 0.905. The van der Waals surface area contributed by atoms with Gasteiger partial charge in [0.15, 0.2) is 0 Å². The molecule has 1 fully saturated rings. The van der Waals surface area contributed by atoms with E-state index in [-0.39, 0.29) is 0 Å². The third kappa shape index (κ3) is 3.95. The number of nitrogens with zero attached hydrogens (tertiary/aromatic N) is 1. The lowest BCUT2D eigenvalue weighted by Crippen LogP contribution is -2.42. The average Bonchev–Trinajstić information content (AvgIpc) is 2.41. The Labute approximate surface area is 123 Å². The third-order valence-corrected chi connectivity index (χ3v) is 4.85. The van der Waals surface area contributed by atoms with Gasteiger partial charge in [0.2, 0.25) is 0 Å². The lowest BCUT2D eigenvalue weighted by atomic mass is 10.0. The summed E-state index contributed by atoms with van der Waals surface area (Å²) in [5.74, 6) is 0. The number of hydrogen-bond acceptors (Lipinski definition) is 2. The summed E-state index contributed by atoms with van der Waals surface area (Å²) in [6, 6.07) is 6.80. The number of halogens is 2. The smallest absolute Gasteiger partial charge is 0.0551 e. The van der Waals surface area contributed by atoms with Crippen LogP contribution < -0.4 is 5.32 Å². The van der Waals surface area contributed by atoms with Gasteiger partial charge >= 0.3 is 0 Å². The molecule has 100 valence electrons. The van der Waals surface area contributed by atoms with Crippen molar-refractivity contribution in [1.82, 2.24) is 10.2 Å². The summed E-state index contributed by atoms with van der Waals surface area (Å²) in [7, 11) is 0. The zero-order chi connectivity index (χ0) is 13.0. The van der Waals surface area contributed by atoms with E-state index in [1.165, 1.54) is 38.0 Å². The van der Waals surface area contributed by atoms with E-state index < -0.39 is 0 Å². The van der Waals surface area contributed by atoms with Crippen LogP contribution in [-0.4, -0.2) is 30.6 Å². The normalized spacial score (nSPS) is 18.2. The number of likely N-dealkylation sites (tertiary alicyclic amines) is 1. The van der Waals surface area contributed by atoms with Gasteiger partial charge in [-0.05, 0) is 66.1 Å². The zero-order valence-corrected chi connectivity index (χ0v) is 13.1. The van der Waals surface area contributed by atoms with Crippen LogP contribution in [0, 0.1) is 0 Å². The summed E-state index contributed by atoms with van der Waals surface area (Å²) in [5, 5.41) is 4.42. The van der Waals surface area contributed by atoms with E-state index in [0.717, 1.165) is 16.0 Å². The van der Waals surface area contributed by atoms with Gasteiger partial charge in [0.1, 0.15) is 0 Å². The van der Waals surface area contributed by atoms with Crippen LogP contribution in [0.5, 0.6) is 0 Å². The molecule has 18 heavy (non-hydrogen) atoms. The van der Waals surface area contributed by atoms with Crippen molar-refractivity contribution in [3.63, 3.8) is 0 Å². The fraction of sp³-hybridized carbons (Fsp3) is 0.571. The van der Waals surface area contributed by atoms with Crippen LogP contribution in [-0.2, 0) is 6.54 Å². The fourth-order valence-electron chi connectivity index (χ4n) is 2.37. The second kappa shape index (κ2) is 6.90. The van der Waals surface area contributed by atoms with Crippen LogP contribution in [0.2, 0.25) is 5.02 Å². The molecule has 1 aromatic rings. The molecule has 0 atom stereocenters. The van der Waals surface area contributed by atoms with Gasteiger partial charge < -0.3 is 10.2 Å². The maximum atomic E-state index is 6.09. The molecule has 1 aliphatic heterocycles. The van der Waals surface area contributed by atoms with Gasteiger partial charge in [-0.2, -0.15) is 0 Å². The molecular weight excluding hydrogens is 312 g/mol. The molecule has 0 radical (unpaired) electrons. The Morgan fingerprint density at radius 3 is 2.72 bits per heavy atom. The van der Waals surface area contributed by atoms with Crippen molar-refractivity contribution in [2.75, 3.05) is 19.6 Å². The second-order valence-corrected chi connectivity index (χ2v) is 6.10. The van der Waals surface area contributed by atoms with Gasteiger partial charge in [-0.1, -0.05) is 24.6 Å². The second-order valence-electron chi connectivity index (χ2n) is 4.84. The highest BCUT2D eigenvalue weighted by Gasteiger charge is 2.17. The molecule has 0 bridgehead atoms. The summed E-state index contributed by atoms with van der Waals surface area (Å²) < 4.78 is 0.962. The van der Waals surface area contributed by atoms with Gasteiger partial charge in [0.25, 0.3) is 0 Å². The maximum Gasteiger partial charge on any atom is 0.0551 e. The molecule has 2 rings (SSSR count). The first-order chi connectivity index (χ1) is 8.69. The molecule has 4 heteroatoms. The SMILES string of the molecule is CCN1CCC(NCc2ccc(Br)c(Cl)c2)CC1. The van der Waals surface area contributed by atoms with Crippen molar-refractivity contribution in [2.45, 2.75) is 32.4 Å². The first kappa shape index (κ1) is 14.3. The first-order valence-electron chi connectivity index (χ1n) is 6.58.